The highest BCUT2D eigenvalue weighted by molar-refractivity contribution is 5.48. The van der Waals surface area contributed by atoms with Crippen molar-refractivity contribution in [3.63, 3.8) is 0 Å². The van der Waals surface area contributed by atoms with E-state index in [0.29, 0.717) is 5.89 Å². The van der Waals surface area contributed by atoms with Gasteiger partial charge in [0.2, 0.25) is 5.89 Å². The molecular formula is C19H21N3O2. The lowest BCUT2D eigenvalue weighted by atomic mass is 10.2. The molecule has 0 spiro atoms. The van der Waals surface area contributed by atoms with Crippen molar-refractivity contribution in [2.75, 3.05) is 5.32 Å². The molecule has 0 aliphatic heterocycles. The number of anilines is 1. The lowest BCUT2D eigenvalue weighted by Gasteiger charge is -2.12. The van der Waals surface area contributed by atoms with Crippen molar-refractivity contribution in [1.82, 2.24) is 10.1 Å². The van der Waals surface area contributed by atoms with E-state index in [1.165, 1.54) is 0 Å². The van der Waals surface area contributed by atoms with Crippen LogP contribution in [0.1, 0.15) is 44.4 Å². The Hall–Kier alpha value is -2.82. The van der Waals surface area contributed by atoms with Gasteiger partial charge in [-0.3, -0.25) is 0 Å². The first-order chi connectivity index (χ1) is 11.6. The molecule has 0 radical (unpaired) electrons. The molecule has 124 valence electrons. The number of hydrogen-bond acceptors (Lipinski definition) is 5. The molecule has 1 aromatic heterocycles. The van der Waals surface area contributed by atoms with Crippen LogP contribution in [0.3, 0.4) is 0 Å². The summed E-state index contributed by atoms with van der Waals surface area (Å²) in [5, 5.41) is 7.34. The molecule has 3 rings (SSSR count). The van der Waals surface area contributed by atoms with Crippen LogP contribution < -0.4 is 10.1 Å². The molecule has 0 saturated heterocycles. The maximum atomic E-state index is 5.78. The number of nitrogens with zero attached hydrogens (tertiary/aromatic N) is 2. The van der Waals surface area contributed by atoms with Crippen molar-refractivity contribution in [3.8, 4) is 11.5 Å². The third-order valence-corrected chi connectivity index (χ3v) is 3.56. The molecule has 0 aliphatic rings. The molecule has 1 unspecified atom stereocenters. The third-order valence-electron chi connectivity index (χ3n) is 3.56. The second-order valence-electron chi connectivity index (χ2n) is 5.95. The molecule has 1 atom stereocenters. The van der Waals surface area contributed by atoms with Crippen molar-refractivity contribution in [2.24, 2.45) is 0 Å². The maximum Gasteiger partial charge on any atom is 0.248 e. The summed E-state index contributed by atoms with van der Waals surface area (Å²) in [6.45, 7) is 6.07. The average Bonchev–Trinajstić information content (AvgIpc) is 3.08. The summed E-state index contributed by atoms with van der Waals surface area (Å²) in [5.74, 6) is 3.18. The molecule has 24 heavy (non-hydrogen) atoms. The zero-order valence-electron chi connectivity index (χ0n) is 14.1. The molecule has 0 aliphatic carbocycles. The first kappa shape index (κ1) is 16.1. The number of ether oxygens (including phenoxy) is 1. The molecule has 3 aromatic rings. The Morgan fingerprint density at radius 1 is 0.917 bits per heavy atom. The standard InChI is InChI=1S/C19H21N3O2/c1-13(2)18-21-19(24-22-18)14(3)20-15-9-11-17(12-10-15)23-16-7-5-4-6-8-16/h4-14,20H,1-3H3. The van der Waals surface area contributed by atoms with Crippen LogP contribution in [0.5, 0.6) is 11.5 Å². The summed E-state index contributed by atoms with van der Waals surface area (Å²) in [5.41, 5.74) is 0.965. The van der Waals surface area contributed by atoms with Crippen LogP contribution >= 0.6 is 0 Å². The van der Waals surface area contributed by atoms with Gasteiger partial charge in [0.15, 0.2) is 5.82 Å². The second-order valence-corrected chi connectivity index (χ2v) is 5.95. The van der Waals surface area contributed by atoms with E-state index >= 15 is 0 Å². The molecular weight excluding hydrogens is 302 g/mol. The van der Waals surface area contributed by atoms with Gasteiger partial charge in [-0.25, -0.2) is 0 Å². The first-order valence-corrected chi connectivity index (χ1v) is 8.05. The Bertz CT molecular complexity index is 767. The van der Waals surface area contributed by atoms with Crippen LogP contribution in [0.2, 0.25) is 0 Å². The van der Waals surface area contributed by atoms with E-state index in [1.807, 2.05) is 75.4 Å². The quantitative estimate of drug-likeness (QED) is 0.679. The fraction of sp³-hybridized carbons (Fsp3) is 0.263. The van der Waals surface area contributed by atoms with Gasteiger partial charge in [-0.1, -0.05) is 37.2 Å². The minimum Gasteiger partial charge on any atom is -0.457 e. The maximum absolute atomic E-state index is 5.78. The Morgan fingerprint density at radius 3 is 2.21 bits per heavy atom. The van der Waals surface area contributed by atoms with Crippen molar-refractivity contribution in [1.29, 1.82) is 0 Å². The summed E-state index contributed by atoms with van der Waals surface area (Å²) in [6, 6.07) is 17.4. The van der Waals surface area contributed by atoms with Crippen LogP contribution in [0.25, 0.3) is 0 Å². The molecule has 2 aromatic carbocycles. The van der Waals surface area contributed by atoms with Crippen molar-refractivity contribution >= 4 is 5.69 Å². The van der Waals surface area contributed by atoms with Crippen LogP contribution in [0, 0.1) is 0 Å². The minimum absolute atomic E-state index is 0.0640. The minimum atomic E-state index is -0.0640. The number of nitrogens with one attached hydrogen (secondary N) is 1. The largest absolute Gasteiger partial charge is 0.457 e. The SMILES string of the molecule is CC(C)c1noc(C(C)Nc2ccc(Oc3ccccc3)cc2)n1. The van der Waals surface area contributed by atoms with Crippen LogP contribution in [0.15, 0.2) is 59.1 Å². The van der Waals surface area contributed by atoms with Gasteiger partial charge in [0.1, 0.15) is 17.5 Å². The molecule has 1 heterocycles. The van der Waals surface area contributed by atoms with E-state index in [-0.39, 0.29) is 12.0 Å². The van der Waals surface area contributed by atoms with Gasteiger partial charge < -0.3 is 14.6 Å². The average molecular weight is 323 g/mol. The summed E-state index contributed by atoms with van der Waals surface area (Å²) in [7, 11) is 0. The zero-order chi connectivity index (χ0) is 16.9. The van der Waals surface area contributed by atoms with E-state index in [1.54, 1.807) is 0 Å². The monoisotopic (exact) mass is 323 g/mol. The van der Waals surface area contributed by atoms with Gasteiger partial charge >= 0.3 is 0 Å². The summed E-state index contributed by atoms with van der Waals surface area (Å²) < 4.78 is 11.1. The number of hydrogen-bond donors (Lipinski definition) is 1. The predicted octanol–water partition coefficient (Wildman–Crippen LogP) is 5.16. The van der Waals surface area contributed by atoms with Gasteiger partial charge in [-0.05, 0) is 43.3 Å². The third kappa shape index (κ3) is 3.93. The highest BCUT2D eigenvalue weighted by atomic mass is 16.5. The lowest BCUT2D eigenvalue weighted by molar-refractivity contribution is 0.361. The Morgan fingerprint density at radius 2 is 1.58 bits per heavy atom. The highest BCUT2D eigenvalue weighted by Gasteiger charge is 2.15. The molecule has 0 fully saturated rings. The van der Waals surface area contributed by atoms with Gasteiger partial charge in [0.05, 0.1) is 0 Å². The van der Waals surface area contributed by atoms with Gasteiger partial charge in [0, 0.05) is 11.6 Å². The van der Waals surface area contributed by atoms with Crippen molar-refractivity contribution in [2.45, 2.75) is 32.7 Å². The van der Waals surface area contributed by atoms with Crippen LogP contribution in [-0.4, -0.2) is 10.1 Å². The fourth-order valence-corrected chi connectivity index (χ4v) is 2.21. The van der Waals surface area contributed by atoms with E-state index in [4.69, 9.17) is 9.26 Å². The smallest absolute Gasteiger partial charge is 0.248 e. The van der Waals surface area contributed by atoms with Crippen LogP contribution in [-0.2, 0) is 0 Å². The Balaban J connectivity index is 1.63. The van der Waals surface area contributed by atoms with E-state index in [0.717, 1.165) is 23.0 Å². The molecule has 5 nitrogen and oxygen atoms in total. The van der Waals surface area contributed by atoms with Crippen molar-refractivity contribution < 1.29 is 9.26 Å². The summed E-state index contributed by atoms with van der Waals surface area (Å²) >= 11 is 0. The number of rotatable bonds is 6. The van der Waals surface area contributed by atoms with Gasteiger partial charge in [-0.15, -0.1) is 0 Å². The predicted molar refractivity (Wildman–Crippen MR) is 93.4 cm³/mol. The number of para-hydroxylation sites is 1. The molecule has 0 bridgehead atoms. The first-order valence-electron chi connectivity index (χ1n) is 8.05. The van der Waals surface area contributed by atoms with Crippen LogP contribution in [0.4, 0.5) is 5.69 Å². The fourth-order valence-electron chi connectivity index (χ4n) is 2.21. The zero-order valence-corrected chi connectivity index (χ0v) is 14.1. The van der Waals surface area contributed by atoms with E-state index < -0.39 is 0 Å². The second kappa shape index (κ2) is 7.17. The number of aromatic nitrogens is 2. The molecule has 0 amide bonds. The Labute approximate surface area is 141 Å². The normalized spacial score (nSPS) is 12.2. The highest BCUT2D eigenvalue weighted by Crippen LogP contribution is 2.25. The number of benzene rings is 2. The molecule has 5 heteroatoms. The lowest BCUT2D eigenvalue weighted by Crippen LogP contribution is -2.07. The Kier molecular flexibility index (Phi) is 4.79. The summed E-state index contributed by atoms with van der Waals surface area (Å²) in [6.07, 6.45) is 0. The van der Waals surface area contributed by atoms with E-state index in [9.17, 15) is 0 Å². The van der Waals surface area contributed by atoms with Gasteiger partial charge in [-0.2, -0.15) is 4.98 Å². The van der Waals surface area contributed by atoms with Gasteiger partial charge in [0.25, 0.3) is 0 Å². The molecule has 1 N–H and O–H groups in total. The topological polar surface area (TPSA) is 60.2 Å². The summed E-state index contributed by atoms with van der Waals surface area (Å²) in [4.78, 5) is 4.41. The van der Waals surface area contributed by atoms with E-state index in [2.05, 4.69) is 15.5 Å². The molecule has 0 saturated carbocycles. The van der Waals surface area contributed by atoms with Crippen molar-refractivity contribution in [3.05, 3.63) is 66.3 Å².